The monoisotopic (exact) mass is 354 g/mol. The van der Waals surface area contributed by atoms with Gasteiger partial charge in [0.05, 0.1) is 13.2 Å². The summed E-state index contributed by atoms with van der Waals surface area (Å²) in [7, 11) is -2.10. The van der Waals surface area contributed by atoms with Crippen molar-refractivity contribution in [3.63, 3.8) is 0 Å². The fourth-order valence-corrected chi connectivity index (χ4v) is 4.83. The van der Waals surface area contributed by atoms with Crippen molar-refractivity contribution in [3.05, 3.63) is 0 Å². The average molecular weight is 355 g/mol. The maximum absolute atomic E-state index is 13.6. The summed E-state index contributed by atoms with van der Waals surface area (Å²) in [6.07, 6.45) is -4.29. The van der Waals surface area contributed by atoms with Crippen LogP contribution in [0.3, 0.4) is 0 Å². The predicted octanol–water partition coefficient (Wildman–Crippen LogP) is 2.27. The first-order chi connectivity index (χ1) is 9.28. The molecule has 12 heteroatoms. The highest BCUT2D eigenvalue weighted by molar-refractivity contribution is 7.81. The highest BCUT2D eigenvalue weighted by atomic mass is 35.7. The van der Waals surface area contributed by atoms with Crippen LogP contribution >= 0.6 is 26.1 Å². The van der Waals surface area contributed by atoms with Crippen LogP contribution in [-0.2, 0) is 36.7 Å². The summed E-state index contributed by atoms with van der Waals surface area (Å²) in [6, 6.07) is 0. The molecule has 2 saturated heterocycles. The van der Waals surface area contributed by atoms with Crippen LogP contribution < -0.4 is 0 Å². The van der Waals surface area contributed by atoms with Crippen molar-refractivity contribution in [2.75, 3.05) is 27.4 Å². The first-order valence-corrected chi connectivity index (χ1v) is 9.47. The van der Waals surface area contributed by atoms with E-state index in [1.807, 2.05) is 0 Å². The van der Waals surface area contributed by atoms with Gasteiger partial charge in [0, 0.05) is 25.5 Å². The second kappa shape index (κ2) is 6.28. The molecule has 2 heterocycles. The molecule has 6 atom stereocenters. The van der Waals surface area contributed by atoms with Gasteiger partial charge in [-0.05, 0) is 0 Å². The average Bonchev–Trinajstić information content (AvgIpc) is 2.30. The number of halogens is 2. The SMILES string of the molecule is COCC1OP(=O)(Cl)OC2C(COC)OP(=O)(F)OC12. The van der Waals surface area contributed by atoms with Crippen LogP contribution in [0.5, 0.6) is 0 Å². The van der Waals surface area contributed by atoms with Crippen LogP contribution in [0.4, 0.5) is 4.20 Å². The van der Waals surface area contributed by atoms with Gasteiger partial charge in [0.1, 0.15) is 24.4 Å². The van der Waals surface area contributed by atoms with E-state index in [1.165, 1.54) is 14.2 Å². The van der Waals surface area contributed by atoms with E-state index in [-0.39, 0.29) is 13.2 Å². The molecule has 8 nitrogen and oxygen atoms in total. The van der Waals surface area contributed by atoms with E-state index in [0.717, 1.165) is 0 Å². The van der Waals surface area contributed by atoms with Crippen molar-refractivity contribution in [2.45, 2.75) is 24.4 Å². The Kier molecular flexibility index (Phi) is 5.28. The molecular weight excluding hydrogens is 340 g/mol. The topological polar surface area (TPSA) is 89.5 Å². The molecule has 20 heavy (non-hydrogen) atoms. The molecule has 0 aliphatic carbocycles. The first-order valence-electron chi connectivity index (χ1n) is 5.59. The number of ether oxygens (including phenoxy) is 2. The van der Waals surface area contributed by atoms with Crippen LogP contribution in [0.1, 0.15) is 0 Å². The Labute approximate surface area is 119 Å². The van der Waals surface area contributed by atoms with Gasteiger partial charge >= 0.3 is 14.9 Å². The molecule has 118 valence electrons. The fourth-order valence-electron chi connectivity index (χ4n) is 2.04. The third kappa shape index (κ3) is 3.80. The second-order valence-electron chi connectivity index (χ2n) is 4.20. The Morgan fingerprint density at radius 3 is 2.05 bits per heavy atom. The van der Waals surface area contributed by atoms with Gasteiger partial charge in [-0.25, -0.2) is 9.13 Å². The van der Waals surface area contributed by atoms with Crippen molar-refractivity contribution in [3.8, 4) is 0 Å². The van der Waals surface area contributed by atoms with Gasteiger partial charge in [-0.15, -0.1) is 4.20 Å². The molecule has 0 N–H and O–H groups in total. The lowest BCUT2D eigenvalue weighted by atomic mass is 10.0. The zero-order valence-corrected chi connectivity index (χ0v) is 13.2. The lowest BCUT2D eigenvalue weighted by Crippen LogP contribution is -2.55. The van der Waals surface area contributed by atoms with Gasteiger partial charge in [0.2, 0.25) is 0 Å². The van der Waals surface area contributed by atoms with Gasteiger partial charge in [-0.1, -0.05) is 0 Å². The third-order valence-corrected chi connectivity index (χ3v) is 5.25. The molecule has 2 rings (SSSR count). The van der Waals surface area contributed by atoms with E-state index in [0.29, 0.717) is 0 Å². The summed E-state index contributed by atoms with van der Waals surface area (Å²) in [5.74, 6) is 0. The zero-order chi connectivity index (χ0) is 15.0. The van der Waals surface area contributed by atoms with Gasteiger partial charge < -0.3 is 9.47 Å². The number of hydrogen-bond donors (Lipinski definition) is 0. The van der Waals surface area contributed by atoms with Crippen LogP contribution in [0, 0.1) is 0 Å². The Bertz CT molecular complexity index is 410. The number of methoxy groups -OCH3 is 2. The molecule has 0 aromatic carbocycles. The number of hydrogen-bond acceptors (Lipinski definition) is 8. The van der Waals surface area contributed by atoms with Crippen molar-refractivity contribution < 1.29 is 40.9 Å². The van der Waals surface area contributed by atoms with Gasteiger partial charge in [0.25, 0.3) is 0 Å². The largest absolute Gasteiger partial charge is 0.513 e. The Hall–Kier alpha value is 0.440. The maximum Gasteiger partial charge on any atom is 0.513 e. The Morgan fingerprint density at radius 1 is 1.00 bits per heavy atom. The molecular formula is C8H14ClFO8P2. The summed E-state index contributed by atoms with van der Waals surface area (Å²) in [4.78, 5) is 0. The normalized spacial score (nSPS) is 48.8. The molecule has 2 fully saturated rings. The Balaban J connectivity index is 2.28. The molecule has 0 amide bonds. The van der Waals surface area contributed by atoms with Crippen LogP contribution in [0.15, 0.2) is 0 Å². The highest BCUT2D eigenvalue weighted by Crippen LogP contribution is 2.65. The van der Waals surface area contributed by atoms with Gasteiger partial charge in [0.15, 0.2) is 0 Å². The quantitative estimate of drug-likeness (QED) is 0.710. The van der Waals surface area contributed by atoms with E-state index in [9.17, 15) is 13.3 Å². The number of fused-ring (bicyclic) bond motifs is 1. The molecule has 0 bridgehead atoms. The van der Waals surface area contributed by atoms with Crippen molar-refractivity contribution in [1.29, 1.82) is 0 Å². The first kappa shape index (κ1) is 16.8. The molecule has 0 saturated carbocycles. The molecule has 2 aliphatic heterocycles. The van der Waals surface area contributed by atoms with E-state index in [1.54, 1.807) is 0 Å². The van der Waals surface area contributed by atoms with Crippen LogP contribution in [0.2, 0.25) is 0 Å². The van der Waals surface area contributed by atoms with Crippen molar-refractivity contribution in [1.82, 2.24) is 0 Å². The summed E-state index contributed by atoms with van der Waals surface area (Å²) in [5.41, 5.74) is 0. The fraction of sp³-hybridized carbons (Fsp3) is 1.00. The minimum Gasteiger partial charge on any atom is -0.382 e. The zero-order valence-electron chi connectivity index (χ0n) is 10.6. The molecule has 0 aromatic rings. The summed E-state index contributed by atoms with van der Waals surface area (Å²) in [6.45, 7) is -4.14. The Morgan fingerprint density at radius 2 is 1.50 bits per heavy atom. The number of rotatable bonds is 4. The summed E-state index contributed by atoms with van der Waals surface area (Å²) >= 11 is 5.60. The second-order valence-corrected chi connectivity index (χ2v) is 8.01. The van der Waals surface area contributed by atoms with E-state index < -0.39 is 39.3 Å². The predicted molar refractivity (Wildman–Crippen MR) is 65.4 cm³/mol. The minimum atomic E-state index is -4.79. The van der Waals surface area contributed by atoms with E-state index in [4.69, 9.17) is 34.3 Å². The molecule has 2 aliphatic rings. The molecule has 0 radical (unpaired) electrons. The van der Waals surface area contributed by atoms with Crippen molar-refractivity contribution >= 4 is 26.1 Å². The molecule has 0 aromatic heterocycles. The standard InChI is InChI=1S/C8H14ClFO8P2/c1-13-3-5-8-7(17-19(9,11)15-5)6(4-14-2)16-20(10,12)18-8/h5-8H,3-4H2,1-2H3. The lowest BCUT2D eigenvalue weighted by molar-refractivity contribution is -0.161. The smallest absolute Gasteiger partial charge is 0.382 e. The van der Waals surface area contributed by atoms with Crippen LogP contribution in [0.25, 0.3) is 0 Å². The molecule has 0 spiro atoms. The third-order valence-electron chi connectivity index (χ3n) is 2.74. The lowest BCUT2D eigenvalue weighted by Gasteiger charge is -2.44. The van der Waals surface area contributed by atoms with E-state index >= 15 is 0 Å². The van der Waals surface area contributed by atoms with Crippen LogP contribution in [-0.4, -0.2) is 51.8 Å². The van der Waals surface area contributed by atoms with Gasteiger partial charge in [-0.3, -0.25) is 18.1 Å². The summed E-state index contributed by atoms with van der Waals surface area (Å²) < 4.78 is 66.0. The minimum absolute atomic E-state index is 0.0963. The summed E-state index contributed by atoms with van der Waals surface area (Å²) in [5, 5.41) is 0. The maximum atomic E-state index is 13.6. The van der Waals surface area contributed by atoms with E-state index in [2.05, 4.69) is 4.52 Å². The van der Waals surface area contributed by atoms with Gasteiger partial charge in [-0.2, -0.15) is 0 Å². The van der Waals surface area contributed by atoms with Crippen molar-refractivity contribution in [2.24, 2.45) is 0 Å². The highest BCUT2D eigenvalue weighted by Gasteiger charge is 2.56. The molecule has 6 unspecified atom stereocenters.